The summed E-state index contributed by atoms with van der Waals surface area (Å²) in [4.78, 5) is 26.1. The summed E-state index contributed by atoms with van der Waals surface area (Å²) in [6.45, 7) is 0.749. The predicted molar refractivity (Wildman–Crippen MR) is 88.6 cm³/mol. The number of aliphatic carboxylic acids is 1. The number of Topliss-reactive ketones (excluding diaryl/α,β-unsaturated/α-hetero) is 1. The van der Waals surface area contributed by atoms with Crippen molar-refractivity contribution in [2.75, 3.05) is 11.9 Å². The van der Waals surface area contributed by atoms with Crippen molar-refractivity contribution in [1.82, 2.24) is 4.98 Å². The van der Waals surface area contributed by atoms with Crippen molar-refractivity contribution in [2.24, 2.45) is 0 Å². The summed E-state index contributed by atoms with van der Waals surface area (Å²) in [6, 6.07) is 7.19. The van der Waals surface area contributed by atoms with E-state index in [0.717, 1.165) is 0 Å². The fourth-order valence-electron chi connectivity index (χ4n) is 2.01. The number of ether oxygens (including phenoxy) is 1. The zero-order chi connectivity index (χ0) is 18.4. The first-order valence-corrected chi connectivity index (χ1v) is 7.30. The fourth-order valence-corrected chi connectivity index (χ4v) is 2.01. The molecule has 0 spiro atoms. The Balaban J connectivity index is 2.23. The highest BCUT2D eigenvalue weighted by molar-refractivity contribution is 6.45. The summed E-state index contributed by atoms with van der Waals surface area (Å²) in [5.74, 6) is -1.76. The Labute approximate surface area is 143 Å². The van der Waals surface area contributed by atoms with Crippen LogP contribution in [0.3, 0.4) is 0 Å². The molecule has 1 heterocycles. The van der Waals surface area contributed by atoms with E-state index in [1.165, 1.54) is 43.5 Å². The molecule has 0 amide bonds. The lowest BCUT2D eigenvalue weighted by atomic mass is 10.0. The second-order valence-corrected chi connectivity index (χ2v) is 5.11. The molecule has 2 aromatic rings. The molecule has 0 aliphatic carbocycles. The number of carbonyl (C=O) groups excluding carboxylic acids is 1. The predicted octanol–water partition coefficient (Wildman–Crippen LogP) is 2.25. The second kappa shape index (κ2) is 8.00. The normalized spacial score (nSPS) is 10.2. The molecule has 0 aliphatic heterocycles. The van der Waals surface area contributed by atoms with Crippen LogP contribution < -0.4 is 10.1 Å². The summed E-state index contributed by atoms with van der Waals surface area (Å²) in [7, 11) is 0. The molecule has 0 bridgehead atoms. The van der Waals surface area contributed by atoms with Gasteiger partial charge in [0.2, 0.25) is 0 Å². The number of anilines is 1. The molecule has 7 nitrogen and oxygen atoms in total. The first-order valence-electron chi connectivity index (χ1n) is 7.30. The SMILES string of the molecule is CC(=O)C(=N)c1cc(OCc2ncccc2F)ccc1NCC(=O)O. The van der Waals surface area contributed by atoms with Gasteiger partial charge in [0.1, 0.15) is 36.1 Å². The number of hydrogen-bond acceptors (Lipinski definition) is 6. The lowest BCUT2D eigenvalue weighted by Crippen LogP contribution is -2.17. The van der Waals surface area contributed by atoms with E-state index >= 15 is 0 Å². The number of aromatic nitrogens is 1. The van der Waals surface area contributed by atoms with E-state index in [2.05, 4.69) is 10.3 Å². The smallest absolute Gasteiger partial charge is 0.322 e. The third-order valence-electron chi connectivity index (χ3n) is 3.25. The Morgan fingerprint density at radius 3 is 2.76 bits per heavy atom. The van der Waals surface area contributed by atoms with Crippen LogP contribution in [0.25, 0.3) is 0 Å². The van der Waals surface area contributed by atoms with Crippen molar-refractivity contribution in [3.63, 3.8) is 0 Å². The molecule has 0 saturated heterocycles. The monoisotopic (exact) mass is 345 g/mol. The van der Waals surface area contributed by atoms with Crippen LogP contribution in [0, 0.1) is 11.2 Å². The first kappa shape index (κ1) is 18.1. The molecule has 3 N–H and O–H groups in total. The maximum absolute atomic E-state index is 13.6. The molecule has 0 radical (unpaired) electrons. The van der Waals surface area contributed by atoms with Crippen LogP contribution in [0.5, 0.6) is 5.75 Å². The van der Waals surface area contributed by atoms with Crippen molar-refractivity contribution in [3.05, 3.63) is 53.6 Å². The molecular weight excluding hydrogens is 329 g/mol. The number of carboxylic acid groups (broad SMARTS) is 1. The highest BCUT2D eigenvalue weighted by Gasteiger charge is 2.14. The number of hydrogen-bond donors (Lipinski definition) is 3. The van der Waals surface area contributed by atoms with Gasteiger partial charge in [0.25, 0.3) is 0 Å². The van der Waals surface area contributed by atoms with Crippen LogP contribution in [-0.4, -0.2) is 34.1 Å². The average molecular weight is 345 g/mol. The van der Waals surface area contributed by atoms with Gasteiger partial charge in [-0.05, 0) is 30.3 Å². The highest BCUT2D eigenvalue weighted by atomic mass is 19.1. The molecule has 25 heavy (non-hydrogen) atoms. The van der Waals surface area contributed by atoms with Crippen LogP contribution >= 0.6 is 0 Å². The van der Waals surface area contributed by atoms with Gasteiger partial charge in [-0.1, -0.05) is 0 Å². The van der Waals surface area contributed by atoms with Crippen molar-refractivity contribution < 1.29 is 23.8 Å². The van der Waals surface area contributed by atoms with Crippen molar-refractivity contribution >= 4 is 23.2 Å². The summed E-state index contributed by atoms with van der Waals surface area (Å²) >= 11 is 0. The summed E-state index contributed by atoms with van der Waals surface area (Å²) < 4.78 is 19.0. The van der Waals surface area contributed by atoms with E-state index in [4.69, 9.17) is 15.3 Å². The quantitative estimate of drug-likeness (QED) is 0.633. The van der Waals surface area contributed by atoms with Gasteiger partial charge in [-0.25, -0.2) is 4.39 Å². The van der Waals surface area contributed by atoms with Crippen molar-refractivity contribution in [2.45, 2.75) is 13.5 Å². The van der Waals surface area contributed by atoms with Gasteiger partial charge in [0, 0.05) is 24.4 Å². The lowest BCUT2D eigenvalue weighted by Gasteiger charge is -2.13. The molecule has 1 aromatic carbocycles. The molecule has 130 valence electrons. The zero-order valence-electron chi connectivity index (χ0n) is 13.4. The number of nitrogens with zero attached hydrogens (tertiary/aromatic N) is 1. The Morgan fingerprint density at radius 1 is 1.36 bits per heavy atom. The van der Waals surface area contributed by atoms with E-state index in [1.807, 2.05) is 0 Å². The number of carboxylic acids is 1. The first-order chi connectivity index (χ1) is 11.9. The summed E-state index contributed by atoms with van der Waals surface area (Å²) in [5.41, 5.74) is 0.354. The minimum Gasteiger partial charge on any atom is -0.487 e. The van der Waals surface area contributed by atoms with Crippen molar-refractivity contribution in [1.29, 1.82) is 5.41 Å². The summed E-state index contributed by atoms with van der Waals surface area (Å²) in [6.07, 6.45) is 1.44. The van der Waals surface area contributed by atoms with Gasteiger partial charge in [0.15, 0.2) is 5.78 Å². The van der Waals surface area contributed by atoms with Crippen LogP contribution in [0.2, 0.25) is 0 Å². The Morgan fingerprint density at radius 2 is 2.12 bits per heavy atom. The third-order valence-corrected chi connectivity index (χ3v) is 3.25. The minimum absolute atomic E-state index is 0.124. The van der Waals surface area contributed by atoms with E-state index < -0.39 is 17.6 Å². The maximum atomic E-state index is 13.6. The third kappa shape index (κ3) is 4.84. The average Bonchev–Trinajstić information content (AvgIpc) is 2.58. The van der Waals surface area contributed by atoms with E-state index in [-0.39, 0.29) is 30.1 Å². The highest BCUT2D eigenvalue weighted by Crippen LogP contribution is 2.24. The van der Waals surface area contributed by atoms with E-state index in [0.29, 0.717) is 11.4 Å². The zero-order valence-corrected chi connectivity index (χ0v) is 13.4. The Kier molecular flexibility index (Phi) is 5.78. The molecule has 0 aliphatic rings. The Bertz CT molecular complexity index is 823. The van der Waals surface area contributed by atoms with E-state index in [1.54, 1.807) is 0 Å². The number of carbonyl (C=O) groups is 2. The van der Waals surface area contributed by atoms with Gasteiger partial charge in [0.05, 0.1) is 0 Å². The van der Waals surface area contributed by atoms with Gasteiger partial charge in [-0.15, -0.1) is 0 Å². The number of benzene rings is 1. The molecule has 1 aromatic heterocycles. The topological polar surface area (TPSA) is 112 Å². The minimum atomic E-state index is -1.08. The molecular formula is C17H16FN3O4. The van der Waals surface area contributed by atoms with Crippen LogP contribution in [0.15, 0.2) is 36.5 Å². The van der Waals surface area contributed by atoms with Gasteiger partial charge >= 0.3 is 5.97 Å². The molecule has 0 unspecified atom stereocenters. The van der Waals surface area contributed by atoms with Gasteiger partial charge in [-0.3, -0.25) is 20.0 Å². The number of halogens is 1. The Hall–Kier alpha value is -3.29. The van der Waals surface area contributed by atoms with Crippen molar-refractivity contribution in [3.8, 4) is 5.75 Å². The molecule has 0 fully saturated rings. The van der Waals surface area contributed by atoms with Gasteiger partial charge < -0.3 is 15.2 Å². The molecule has 2 rings (SSSR count). The number of rotatable bonds is 8. The number of pyridine rings is 1. The summed E-state index contributed by atoms with van der Waals surface area (Å²) in [5, 5.41) is 19.3. The van der Waals surface area contributed by atoms with Crippen LogP contribution in [0.4, 0.5) is 10.1 Å². The fraction of sp³-hybridized carbons (Fsp3) is 0.176. The van der Waals surface area contributed by atoms with Crippen LogP contribution in [0.1, 0.15) is 18.2 Å². The largest absolute Gasteiger partial charge is 0.487 e. The molecule has 8 heteroatoms. The second-order valence-electron chi connectivity index (χ2n) is 5.11. The standard InChI is InChI=1S/C17H16FN3O4/c1-10(22)17(19)12-7-11(4-5-14(12)21-8-16(23)24)25-9-15-13(18)3-2-6-20-15/h2-7,19,21H,8-9H2,1H3,(H,23,24). The van der Waals surface area contributed by atoms with E-state index in [9.17, 15) is 14.0 Å². The molecule has 0 atom stereocenters. The van der Waals surface area contributed by atoms with Crippen LogP contribution in [-0.2, 0) is 16.2 Å². The number of nitrogens with one attached hydrogen (secondary N) is 2. The maximum Gasteiger partial charge on any atom is 0.322 e. The molecule has 0 saturated carbocycles. The number of ketones is 1. The van der Waals surface area contributed by atoms with Gasteiger partial charge in [-0.2, -0.15) is 0 Å². The lowest BCUT2D eigenvalue weighted by molar-refractivity contribution is -0.134.